The van der Waals surface area contributed by atoms with E-state index in [2.05, 4.69) is 15.3 Å². The number of carbonyl (C=O) groups excluding carboxylic acids is 1. The Morgan fingerprint density at radius 1 is 1.42 bits per heavy atom. The summed E-state index contributed by atoms with van der Waals surface area (Å²) in [7, 11) is 0. The Balaban J connectivity index is 1.45. The zero-order valence-electron chi connectivity index (χ0n) is 13.9. The molecule has 0 unspecified atom stereocenters. The van der Waals surface area contributed by atoms with Gasteiger partial charge in [-0.1, -0.05) is 0 Å². The number of aliphatic hydroxyl groups is 1. The van der Waals surface area contributed by atoms with Gasteiger partial charge in [0.2, 0.25) is 5.91 Å². The molecule has 136 valence electrons. The van der Waals surface area contributed by atoms with Gasteiger partial charge in [-0.15, -0.1) is 11.3 Å². The van der Waals surface area contributed by atoms with E-state index < -0.39 is 11.2 Å². The fraction of sp³-hybridized carbons (Fsp3) is 0.333. The van der Waals surface area contributed by atoms with Gasteiger partial charge >= 0.3 is 0 Å². The van der Waals surface area contributed by atoms with Gasteiger partial charge in [-0.05, 0) is 25.0 Å². The number of aromatic nitrogens is 2. The van der Waals surface area contributed by atoms with Crippen molar-refractivity contribution in [2.45, 2.75) is 26.0 Å². The summed E-state index contributed by atoms with van der Waals surface area (Å²) in [6, 6.07) is 4.81. The lowest BCUT2D eigenvalue weighted by molar-refractivity contribution is -0.127. The van der Waals surface area contributed by atoms with Crippen LogP contribution in [0.3, 0.4) is 0 Å². The fourth-order valence-corrected chi connectivity index (χ4v) is 3.37. The van der Waals surface area contributed by atoms with Gasteiger partial charge < -0.3 is 20.1 Å². The molecule has 1 saturated carbocycles. The van der Waals surface area contributed by atoms with Gasteiger partial charge in [-0.2, -0.15) is 0 Å². The van der Waals surface area contributed by atoms with Crippen LogP contribution in [-0.2, 0) is 17.9 Å². The molecule has 1 aliphatic carbocycles. The van der Waals surface area contributed by atoms with Crippen molar-refractivity contribution in [2.24, 2.45) is 5.41 Å². The number of aliphatic hydroxyl groups excluding tert-OH is 1. The maximum absolute atomic E-state index is 14.2. The average Bonchev–Trinajstić information content (AvgIpc) is 3.08. The van der Waals surface area contributed by atoms with Crippen molar-refractivity contribution in [3.8, 4) is 5.75 Å². The predicted molar refractivity (Wildman–Crippen MR) is 95.3 cm³/mol. The largest absolute Gasteiger partial charge is 0.484 e. The molecule has 0 atom stereocenters. The lowest BCUT2D eigenvalue weighted by atomic mass is 10.1. The van der Waals surface area contributed by atoms with Gasteiger partial charge in [0.05, 0.1) is 29.8 Å². The summed E-state index contributed by atoms with van der Waals surface area (Å²) < 4.78 is 19.7. The van der Waals surface area contributed by atoms with Crippen LogP contribution in [0.5, 0.6) is 5.75 Å². The molecule has 8 heteroatoms. The lowest BCUT2D eigenvalue weighted by Crippen LogP contribution is -2.33. The number of thiazole rings is 1. The molecule has 0 aliphatic heterocycles. The molecule has 0 saturated heterocycles. The van der Waals surface area contributed by atoms with E-state index in [1.165, 1.54) is 17.4 Å². The Kier molecular flexibility index (Phi) is 4.37. The zero-order chi connectivity index (χ0) is 18.1. The first-order chi connectivity index (χ1) is 12.6. The van der Waals surface area contributed by atoms with Crippen LogP contribution < -0.4 is 10.1 Å². The number of hydrogen-bond donors (Lipinski definition) is 3. The minimum atomic E-state index is -0.602. The smallest absolute Gasteiger partial charge is 0.228 e. The van der Waals surface area contributed by atoms with E-state index in [0.29, 0.717) is 24.8 Å². The minimum Gasteiger partial charge on any atom is -0.484 e. The van der Waals surface area contributed by atoms with Crippen molar-refractivity contribution >= 4 is 28.1 Å². The highest BCUT2D eigenvalue weighted by Crippen LogP contribution is 2.45. The van der Waals surface area contributed by atoms with Crippen molar-refractivity contribution in [1.82, 2.24) is 15.3 Å². The minimum absolute atomic E-state index is 0.129. The van der Waals surface area contributed by atoms with E-state index in [4.69, 9.17) is 4.74 Å². The zero-order valence-corrected chi connectivity index (χ0v) is 14.7. The summed E-state index contributed by atoms with van der Waals surface area (Å²) in [6.45, 7) is 0.376. The van der Waals surface area contributed by atoms with Gasteiger partial charge in [0.25, 0.3) is 0 Å². The van der Waals surface area contributed by atoms with Crippen molar-refractivity contribution in [3.63, 3.8) is 0 Å². The third-order valence-corrected chi connectivity index (χ3v) is 5.30. The van der Waals surface area contributed by atoms with E-state index >= 15 is 0 Å². The molecule has 0 radical (unpaired) electrons. The summed E-state index contributed by atoms with van der Waals surface area (Å²) >= 11 is 1.46. The maximum Gasteiger partial charge on any atom is 0.228 e. The first kappa shape index (κ1) is 17.0. The van der Waals surface area contributed by atoms with E-state index in [1.807, 2.05) is 5.38 Å². The Hall–Kier alpha value is -2.45. The molecule has 2 aromatic heterocycles. The van der Waals surface area contributed by atoms with Crippen LogP contribution in [0.15, 0.2) is 29.1 Å². The van der Waals surface area contributed by atoms with Crippen LogP contribution in [0.4, 0.5) is 4.39 Å². The van der Waals surface area contributed by atoms with Crippen LogP contribution in [0.1, 0.15) is 24.2 Å². The van der Waals surface area contributed by atoms with Crippen molar-refractivity contribution < 1.29 is 19.0 Å². The van der Waals surface area contributed by atoms with Gasteiger partial charge in [-0.3, -0.25) is 4.79 Å². The molecule has 1 fully saturated rings. The number of carbonyl (C=O) groups is 1. The molecule has 3 aromatic rings. The summed E-state index contributed by atoms with van der Waals surface area (Å²) in [4.78, 5) is 19.4. The number of benzene rings is 1. The SMILES string of the molecule is O=C(NCc1cc2cc(F)c(OCc3cscn3)cc2[nH]1)C1(CO)CC1. The number of fused-ring (bicyclic) bond motifs is 1. The summed E-state index contributed by atoms with van der Waals surface area (Å²) in [5, 5.41) is 14.7. The summed E-state index contributed by atoms with van der Waals surface area (Å²) in [6.07, 6.45) is 1.43. The third kappa shape index (κ3) is 3.30. The first-order valence-corrected chi connectivity index (χ1v) is 9.24. The second-order valence-electron chi connectivity index (χ2n) is 6.55. The molecular formula is C18H18FN3O3S. The Bertz CT molecular complexity index is 935. The molecule has 4 rings (SSSR count). The number of nitrogens with one attached hydrogen (secondary N) is 2. The number of hydrogen-bond acceptors (Lipinski definition) is 5. The van der Waals surface area contributed by atoms with Gasteiger partial charge in [0.1, 0.15) is 6.61 Å². The first-order valence-electron chi connectivity index (χ1n) is 8.30. The van der Waals surface area contributed by atoms with E-state index in [9.17, 15) is 14.3 Å². The number of ether oxygens (including phenoxy) is 1. The van der Waals surface area contributed by atoms with Crippen molar-refractivity contribution in [1.29, 1.82) is 0 Å². The number of amides is 1. The average molecular weight is 375 g/mol. The third-order valence-electron chi connectivity index (χ3n) is 4.67. The second-order valence-corrected chi connectivity index (χ2v) is 7.27. The lowest BCUT2D eigenvalue weighted by Gasteiger charge is -2.11. The molecule has 26 heavy (non-hydrogen) atoms. The molecule has 3 N–H and O–H groups in total. The highest BCUT2D eigenvalue weighted by atomic mass is 32.1. The highest BCUT2D eigenvalue weighted by Gasteiger charge is 2.49. The van der Waals surface area contributed by atoms with E-state index in [1.54, 1.807) is 17.6 Å². The van der Waals surface area contributed by atoms with Gasteiger partial charge in [0.15, 0.2) is 11.6 Å². The molecule has 1 aromatic carbocycles. The van der Waals surface area contributed by atoms with Crippen LogP contribution >= 0.6 is 11.3 Å². The van der Waals surface area contributed by atoms with Gasteiger partial charge in [-0.25, -0.2) is 9.37 Å². The molecule has 2 heterocycles. The number of nitrogens with zero attached hydrogens (tertiary/aromatic N) is 1. The summed E-state index contributed by atoms with van der Waals surface area (Å²) in [5.74, 6) is -0.434. The molecule has 6 nitrogen and oxygen atoms in total. The second kappa shape index (κ2) is 6.69. The van der Waals surface area contributed by atoms with Crippen LogP contribution in [-0.4, -0.2) is 27.6 Å². The monoisotopic (exact) mass is 375 g/mol. The Labute approximate surface area is 153 Å². The number of halogens is 1. The molecule has 0 spiro atoms. The van der Waals surface area contributed by atoms with Crippen LogP contribution in [0.2, 0.25) is 0 Å². The molecule has 1 aliphatic rings. The fourth-order valence-electron chi connectivity index (χ4n) is 2.83. The van der Waals surface area contributed by atoms with Gasteiger partial charge in [0, 0.05) is 28.0 Å². The highest BCUT2D eigenvalue weighted by molar-refractivity contribution is 7.07. The Morgan fingerprint density at radius 3 is 2.96 bits per heavy atom. The van der Waals surface area contributed by atoms with Crippen molar-refractivity contribution in [3.05, 3.63) is 46.3 Å². The quantitative estimate of drug-likeness (QED) is 0.593. The summed E-state index contributed by atoms with van der Waals surface area (Å²) in [5.41, 5.74) is 3.34. The number of rotatable bonds is 7. The number of H-pyrrole nitrogens is 1. The maximum atomic E-state index is 14.2. The molecule has 0 bridgehead atoms. The molecular weight excluding hydrogens is 357 g/mol. The number of aromatic amines is 1. The van der Waals surface area contributed by atoms with E-state index in [-0.39, 0.29) is 24.9 Å². The van der Waals surface area contributed by atoms with Crippen LogP contribution in [0.25, 0.3) is 10.9 Å². The standard InChI is InChI=1S/C18H18FN3O3S/c19-14-4-11-3-12(6-20-17(24)18(9-23)1-2-18)22-15(11)5-16(14)25-7-13-8-26-10-21-13/h3-5,8,10,22-23H,1-2,6-7,9H2,(H,20,24). The molecule has 1 amide bonds. The topological polar surface area (TPSA) is 87.2 Å². The van der Waals surface area contributed by atoms with E-state index in [0.717, 1.165) is 16.9 Å². The normalized spacial score (nSPS) is 15.2. The Morgan fingerprint density at radius 2 is 2.27 bits per heavy atom. The van der Waals surface area contributed by atoms with Crippen molar-refractivity contribution in [2.75, 3.05) is 6.61 Å². The van der Waals surface area contributed by atoms with Crippen LogP contribution in [0, 0.1) is 11.2 Å². The predicted octanol–water partition coefficient (Wildman–Crippen LogP) is 2.73.